The fraction of sp³-hybridized carbons (Fsp3) is 0.222. The molecular formula is C18H16F3N3O2. The molecule has 2 rings (SSSR count). The van der Waals surface area contributed by atoms with Crippen molar-refractivity contribution in [2.75, 3.05) is 13.6 Å². The van der Waals surface area contributed by atoms with Crippen molar-refractivity contribution in [1.82, 2.24) is 4.90 Å². The summed E-state index contributed by atoms with van der Waals surface area (Å²) in [6.45, 7) is 0.188. The highest BCUT2D eigenvalue weighted by Crippen LogP contribution is 2.34. The Bertz CT molecular complexity index is 848. The Kier molecular flexibility index (Phi) is 5.53. The second-order valence-corrected chi connectivity index (χ2v) is 5.62. The molecule has 0 fully saturated rings. The van der Waals surface area contributed by atoms with Crippen molar-refractivity contribution in [3.05, 3.63) is 53.2 Å². The molecule has 1 unspecified atom stereocenters. The van der Waals surface area contributed by atoms with Crippen LogP contribution in [-0.2, 0) is 0 Å². The molecule has 1 aliphatic rings. The van der Waals surface area contributed by atoms with Crippen LogP contribution in [0.3, 0.4) is 0 Å². The number of allylic oxidation sites excluding steroid dienone is 4. The molecule has 26 heavy (non-hydrogen) atoms. The Labute approximate surface area is 148 Å². The zero-order chi connectivity index (χ0) is 19.5. The molecule has 1 aromatic rings. The molecule has 3 N–H and O–H groups in total. The van der Waals surface area contributed by atoms with Crippen molar-refractivity contribution >= 4 is 17.0 Å². The van der Waals surface area contributed by atoms with Gasteiger partial charge in [0.15, 0.2) is 6.10 Å². The average Bonchev–Trinajstić information content (AvgIpc) is 2.60. The minimum absolute atomic E-state index is 0.0526. The van der Waals surface area contributed by atoms with E-state index in [1.165, 1.54) is 24.3 Å². The molecule has 0 aromatic heterocycles. The smallest absolute Gasteiger partial charge is 0.410 e. The van der Waals surface area contributed by atoms with Gasteiger partial charge in [-0.25, -0.2) is 0 Å². The molecule has 0 amide bonds. The summed E-state index contributed by atoms with van der Waals surface area (Å²) >= 11 is 0. The summed E-state index contributed by atoms with van der Waals surface area (Å²) in [5, 5.41) is 29.7. The third-order valence-electron chi connectivity index (χ3n) is 3.79. The summed E-state index contributed by atoms with van der Waals surface area (Å²) in [6.07, 6.45) is 0.811. The van der Waals surface area contributed by atoms with E-state index in [0.29, 0.717) is 16.8 Å². The Morgan fingerprint density at radius 3 is 2.62 bits per heavy atom. The molecule has 0 saturated carbocycles. The minimum Gasteiger partial charge on any atom is -0.410 e. The predicted molar refractivity (Wildman–Crippen MR) is 91.9 cm³/mol. The maximum Gasteiger partial charge on any atom is 0.418 e. The molecule has 0 aliphatic heterocycles. The van der Waals surface area contributed by atoms with Crippen LogP contribution in [0.1, 0.15) is 17.2 Å². The number of alkyl halides is 3. The third kappa shape index (κ3) is 3.95. The van der Waals surface area contributed by atoms with Crippen LogP contribution in [0.2, 0.25) is 0 Å². The topological polar surface area (TPSA) is 79.9 Å². The Hall–Kier alpha value is -3.05. The van der Waals surface area contributed by atoms with Crippen LogP contribution in [0, 0.1) is 17.8 Å². The number of aliphatic hydroxyl groups excluding tert-OH is 1. The van der Waals surface area contributed by atoms with Gasteiger partial charge in [-0.05, 0) is 34.9 Å². The molecular weight excluding hydrogens is 347 g/mol. The van der Waals surface area contributed by atoms with E-state index in [-0.39, 0.29) is 23.5 Å². The van der Waals surface area contributed by atoms with Gasteiger partial charge < -0.3 is 15.2 Å². The van der Waals surface area contributed by atoms with Crippen LogP contribution in [-0.4, -0.2) is 46.4 Å². The maximum atomic E-state index is 12.7. The van der Waals surface area contributed by atoms with E-state index in [0.717, 1.165) is 0 Å². The Morgan fingerprint density at radius 1 is 1.35 bits per heavy atom. The lowest BCUT2D eigenvalue weighted by Gasteiger charge is -2.24. The highest BCUT2D eigenvalue weighted by molar-refractivity contribution is 6.53. The molecule has 1 atom stereocenters. The SMILES string of the molecule is C#CCN(C)C1=CC(c2cccc(C(O)C(F)(F)F)c2)=C/C(=N/O)C1=N. The van der Waals surface area contributed by atoms with Crippen molar-refractivity contribution < 1.29 is 23.5 Å². The van der Waals surface area contributed by atoms with Gasteiger partial charge in [0, 0.05) is 7.05 Å². The van der Waals surface area contributed by atoms with Gasteiger partial charge in [0.1, 0.15) is 11.4 Å². The van der Waals surface area contributed by atoms with Gasteiger partial charge in [-0.3, -0.25) is 5.41 Å². The number of aliphatic hydroxyl groups is 1. The number of hydrogen-bond acceptors (Lipinski definition) is 5. The average molecular weight is 363 g/mol. The first kappa shape index (κ1) is 19.3. The van der Waals surface area contributed by atoms with E-state index >= 15 is 0 Å². The second kappa shape index (κ2) is 7.45. The number of terminal acetylenes is 1. The highest BCUT2D eigenvalue weighted by Gasteiger charge is 2.39. The van der Waals surface area contributed by atoms with Crippen molar-refractivity contribution in [2.45, 2.75) is 12.3 Å². The van der Waals surface area contributed by atoms with Crippen LogP contribution >= 0.6 is 0 Å². The number of hydrogen-bond donors (Lipinski definition) is 3. The first-order valence-corrected chi connectivity index (χ1v) is 7.43. The zero-order valence-electron chi connectivity index (χ0n) is 13.7. The zero-order valence-corrected chi connectivity index (χ0v) is 13.7. The van der Waals surface area contributed by atoms with Gasteiger partial charge in [-0.15, -0.1) is 6.42 Å². The van der Waals surface area contributed by atoms with Crippen LogP contribution in [0.15, 0.2) is 47.3 Å². The number of benzene rings is 1. The van der Waals surface area contributed by atoms with Crippen molar-refractivity contribution in [1.29, 1.82) is 5.41 Å². The van der Waals surface area contributed by atoms with Gasteiger partial charge in [0.2, 0.25) is 0 Å². The van der Waals surface area contributed by atoms with Crippen molar-refractivity contribution in [3.8, 4) is 12.3 Å². The molecule has 1 aliphatic carbocycles. The summed E-state index contributed by atoms with van der Waals surface area (Å²) in [4.78, 5) is 1.58. The number of nitrogens with one attached hydrogen (secondary N) is 1. The first-order valence-electron chi connectivity index (χ1n) is 7.43. The number of halogens is 3. The number of oxime groups is 1. The van der Waals surface area contributed by atoms with Gasteiger partial charge in [-0.2, -0.15) is 13.2 Å². The monoisotopic (exact) mass is 363 g/mol. The quantitative estimate of drug-likeness (QED) is 0.333. The largest absolute Gasteiger partial charge is 0.418 e. The highest BCUT2D eigenvalue weighted by atomic mass is 19.4. The van der Waals surface area contributed by atoms with E-state index in [1.54, 1.807) is 24.1 Å². The molecule has 0 bridgehead atoms. The molecule has 0 saturated heterocycles. The third-order valence-corrected chi connectivity index (χ3v) is 3.79. The van der Waals surface area contributed by atoms with E-state index in [2.05, 4.69) is 11.1 Å². The Morgan fingerprint density at radius 2 is 2.04 bits per heavy atom. The first-order chi connectivity index (χ1) is 12.2. The molecule has 0 spiro atoms. The maximum absolute atomic E-state index is 12.7. The lowest BCUT2D eigenvalue weighted by Crippen LogP contribution is -2.30. The van der Waals surface area contributed by atoms with E-state index in [1.807, 2.05) is 0 Å². The number of rotatable bonds is 4. The van der Waals surface area contributed by atoms with Crippen LogP contribution in [0.4, 0.5) is 13.2 Å². The summed E-state index contributed by atoms with van der Waals surface area (Å²) in [5.41, 5.74) is 0.708. The van der Waals surface area contributed by atoms with Crippen LogP contribution < -0.4 is 0 Å². The fourth-order valence-electron chi connectivity index (χ4n) is 2.46. The van der Waals surface area contributed by atoms with Gasteiger partial charge in [0.05, 0.1) is 12.2 Å². The summed E-state index contributed by atoms with van der Waals surface area (Å²) in [7, 11) is 1.64. The normalized spacial score (nSPS) is 17.4. The van der Waals surface area contributed by atoms with Crippen LogP contribution in [0.25, 0.3) is 5.57 Å². The van der Waals surface area contributed by atoms with Gasteiger partial charge >= 0.3 is 6.18 Å². The molecule has 8 heteroatoms. The molecule has 136 valence electrons. The molecule has 1 aromatic carbocycles. The molecule has 0 radical (unpaired) electrons. The lowest BCUT2D eigenvalue weighted by atomic mass is 9.93. The summed E-state index contributed by atoms with van der Waals surface area (Å²) in [6, 6.07) is 5.30. The lowest BCUT2D eigenvalue weighted by molar-refractivity contribution is -0.206. The summed E-state index contributed by atoms with van der Waals surface area (Å²) in [5.74, 6) is 2.42. The second-order valence-electron chi connectivity index (χ2n) is 5.62. The Balaban J connectivity index is 2.50. The fourth-order valence-corrected chi connectivity index (χ4v) is 2.46. The molecule has 5 nitrogen and oxygen atoms in total. The predicted octanol–water partition coefficient (Wildman–Crippen LogP) is 2.98. The summed E-state index contributed by atoms with van der Waals surface area (Å²) < 4.78 is 38.2. The van der Waals surface area contributed by atoms with E-state index < -0.39 is 12.3 Å². The minimum atomic E-state index is -4.78. The van der Waals surface area contributed by atoms with Gasteiger partial charge in [-0.1, -0.05) is 29.3 Å². The van der Waals surface area contributed by atoms with Crippen molar-refractivity contribution in [3.63, 3.8) is 0 Å². The van der Waals surface area contributed by atoms with Crippen LogP contribution in [0.5, 0.6) is 0 Å². The van der Waals surface area contributed by atoms with Gasteiger partial charge in [0.25, 0.3) is 0 Å². The number of nitrogens with zero attached hydrogens (tertiary/aromatic N) is 2. The van der Waals surface area contributed by atoms with E-state index in [4.69, 9.17) is 17.0 Å². The standard InChI is InChI=1S/C18H16F3N3O2/c1-3-7-24(2)15-10-13(9-14(23-26)16(15)22)11-5-4-6-12(8-11)17(25)18(19,20)21/h1,4-6,8-10,17,22,25-26H,7H2,2H3/b22-16?,23-14-. The molecule has 0 heterocycles. The van der Waals surface area contributed by atoms with E-state index in [9.17, 15) is 18.3 Å². The van der Waals surface area contributed by atoms with Crippen molar-refractivity contribution in [2.24, 2.45) is 5.16 Å².